The molecule has 1 atom stereocenters. The lowest BCUT2D eigenvalue weighted by Crippen LogP contribution is -2.00. The first-order valence-corrected chi connectivity index (χ1v) is 7.54. The SMILES string of the molecule is OC(CSC/C=C/c1ccccc1)c1ccccc1. The number of hydrogen-bond donors (Lipinski definition) is 1. The fourth-order valence-corrected chi connectivity index (χ4v) is 2.55. The van der Waals surface area contributed by atoms with Gasteiger partial charge in [0.1, 0.15) is 0 Å². The molecule has 0 aliphatic carbocycles. The van der Waals surface area contributed by atoms with E-state index in [1.54, 1.807) is 11.8 Å². The fraction of sp³-hybridized carbons (Fsp3) is 0.176. The fourth-order valence-electron chi connectivity index (χ4n) is 1.77. The summed E-state index contributed by atoms with van der Waals surface area (Å²) < 4.78 is 0. The maximum Gasteiger partial charge on any atom is 0.0880 e. The molecule has 1 unspecified atom stereocenters. The summed E-state index contributed by atoms with van der Waals surface area (Å²) in [5.74, 6) is 1.64. The number of hydrogen-bond acceptors (Lipinski definition) is 2. The van der Waals surface area contributed by atoms with E-state index in [2.05, 4.69) is 24.3 Å². The highest BCUT2D eigenvalue weighted by atomic mass is 32.2. The van der Waals surface area contributed by atoms with Crippen molar-refractivity contribution >= 4 is 17.8 Å². The third-order valence-electron chi connectivity index (χ3n) is 2.78. The van der Waals surface area contributed by atoms with Gasteiger partial charge >= 0.3 is 0 Å². The molecule has 0 fully saturated rings. The first-order valence-electron chi connectivity index (χ1n) is 6.38. The van der Waals surface area contributed by atoms with E-state index in [1.165, 1.54) is 5.56 Å². The van der Waals surface area contributed by atoms with Crippen LogP contribution in [0.25, 0.3) is 6.08 Å². The molecule has 2 aromatic carbocycles. The zero-order valence-electron chi connectivity index (χ0n) is 10.8. The van der Waals surface area contributed by atoms with E-state index in [0.29, 0.717) is 0 Å². The Labute approximate surface area is 119 Å². The predicted octanol–water partition coefficient (Wildman–Crippen LogP) is 4.17. The molecular weight excluding hydrogens is 252 g/mol. The van der Waals surface area contributed by atoms with Crippen molar-refractivity contribution in [3.05, 3.63) is 77.9 Å². The van der Waals surface area contributed by atoms with Crippen molar-refractivity contribution in [1.82, 2.24) is 0 Å². The molecule has 2 heteroatoms. The molecule has 0 aromatic heterocycles. The molecule has 2 aromatic rings. The third kappa shape index (κ3) is 4.93. The van der Waals surface area contributed by atoms with E-state index < -0.39 is 0 Å². The van der Waals surface area contributed by atoms with Crippen molar-refractivity contribution in [2.24, 2.45) is 0 Å². The van der Waals surface area contributed by atoms with Crippen molar-refractivity contribution < 1.29 is 5.11 Å². The second-order valence-electron chi connectivity index (χ2n) is 4.28. The highest BCUT2D eigenvalue weighted by Crippen LogP contribution is 2.18. The maximum absolute atomic E-state index is 9.99. The molecule has 0 amide bonds. The average Bonchev–Trinajstić information content (AvgIpc) is 2.49. The molecule has 98 valence electrons. The molecule has 0 radical (unpaired) electrons. The Hall–Kier alpha value is -1.51. The van der Waals surface area contributed by atoms with Gasteiger partial charge in [-0.25, -0.2) is 0 Å². The molecule has 0 bridgehead atoms. The Bertz CT molecular complexity index is 493. The van der Waals surface area contributed by atoms with Crippen molar-refractivity contribution in [2.45, 2.75) is 6.10 Å². The first kappa shape index (κ1) is 13.9. The maximum atomic E-state index is 9.99. The summed E-state index contributed by atoms with van der Waals surface area (Å²) in [6.07, 6.45) is 3.87. The molecule has 0 saturated heterocycles. The Morgan fingerprint density at radius 2 is 1.58 bits per heavy atom. The quantitative estimate of drug-likeness (QED) is 0.795. The van der Waals surface area contributed by atoms with Crippen molar-refractivity contribution in [2.75, 3.05) is 11.5 Å². The summed E-state index contributed by atoms with van der Waals surface area (Å²) in [6.45, 7) is 0. The summed E-state index contributed by atoms with van der Waals surface area (Å²) >= 11 is 1.74. The topological polar surface area (TPSA) is 20.2 Å². The van der Waals surface area contributed by atoms with E-state index in [9.17, 15) is 5.11 Å². The highest BCUT2D eigenvalue weighted by Gasteiger charge is 2.05. The molecule has 0 aliphatic heterocycles. The van der Waals surface area contributed by atoms with Gasteiger partial charge in [-0.05, 0) is 11.1 Å². The van der Waals surface area contributed by atoms with E-state index in [0.717, 1.165) is 17.1 Å². The minimum Gasteiger partial charge on any atom is -0.388 e. The largest absolute Gasteiger partial charge is 0.388 e. The Morgan fingerprint density at radius 3 is 2.26 bits per heavy atom. The van der Waals surface area contributed by atoms with Gasteiger partial charge in [-0.1, -0.05) is 72.8 Å². The van der Waals surface area contributed by atoms with Crippen LogP contribution in [0, 0.1) is 0 Å². The van der Waals surface area contributed by atoms with Gasteiger partial charge in [0.2, 0.25) is 0 Å². The smallest absolute Gasteiger partial charge is 0.0880 e. The van der Waals surface area contributed by atoms with Crippen molar-refractivity contribution in [3.8, 4) is 0 Å². The molecule has 0 spiro atoms. The molecule has 2 rings (SSSR count). The van der Waals surface area contributed by atoms with Crippen LogP contribution in [-0.4, -0.2) is 16.6 Å². The second kappa shape index (κ2) is 7.82. The number of rotatable bonds is 6. The molecule has 0 saturated carbocycles. The van der Waals surface area contributed by atoms with Crippen LogP contribution in [0.1, 0.15) is 17.2 Å². The van der Waals surface area contributed by atoms with E-state index >= 15 is 0 Å². The van der Waals surface area contributed by atoms with Crippen molar-refractivity contribution in [3.63, 3.8) is 0 Å². The van der Waals surface area contributed by atoms with E-state index in [4.69, 9.17) is 0 Å². The van der Waals surface area contributed by atoms with Crippen LogP contribution in [0.4, 0.5) is 0 Å². The Balaban J connectivity index is 1.71. The summed E-state index contributed by atoms with van der Waals surface area (Å²) in [6, 6.07) is 20.1. The third-order valence-corrected chi connectivity index (χ3v) is 3.76. The lowest BCUT2D eigenvalue weighted by atomic mass is 10.1. The molecule has 0 aliphatic rings. The molecule has 1 N–H and O–H groups in total. The Morgan fingerprint density at radius 1 is 0.947 bits per heavy atom. The molecule has 19 heavy (non-hydrogen) atoms. The summed E-state index contributed by atoms with van der Waals surface area (Å²) in [7, 11) is 0. The lowest BCUT2D eigenvalue weighted by Gasteiger charge is -2.09. The summed E-state index contributed by atoms with van der Waals surface area (Å²) in [4.78, 5) is 0. The Kier molecular flexibility index (Phi) is 5.73. The van der Waals surface area contributed by atoms with Gasteiger partial charge in [0, 0.05) is 11.5 Å². The van der Waals surface area contributed by atoms with Gasteiger partial charge in [0.25, 0.3) is 0 Å². The van der Waals surface area contributed by atoms with Gasteiger partial charge in [0.05, 0.1) is 6.10 Å². The van der Waals surface area contributed by atoms with Gasteiger partial charge in [0.15, 0.2) is 0 Å². The van der Waals surface area contributed by atoms with Gasteiger partial charge in [-0.3, -0.25) is 0 Å². The van der Waals surface area contributed by atoms with E-state index in [1.807, 2.05) is 48.5 Å². The number of aliphatic hydroxyl groups is 1. The molecule has 0 heterocycles. The van der Waals surface area contributed by atoms with Crippen LogP contribution < -0.4 is 0 Å². The summed E-state index contributed by atoms with van der Waals surface area (Å²) in [5.41, 5.74) is 2.20. The van der Waals surface area contributed by atoms with Crippen LogP contribution >= 0.6 is 11.8 Å². The minimum absolute atomic E-state index is 0.378. The molecule has 1 nitrogen and oxygen atoms in total. The van der Waals surface area contributed by atoms with E-state index in [-0.39, 0.29) is 6.10 Å². The predicted molar refractivity (Wildman–Crippen MR) is 84.2 cm³/mol. The van der Waals surface area contributed by atoms with Gasteiger partial charge in [-0.15, -0.1) is 0 Å². The monoisotopic (exact) mass is 270 g/mol. The minimum atomic E-state index is -0.378. The van der Waals surface area contributed by atoms with Gasteiger partial charge < -0.3 is 5.11 Å². The van der Waals surface area contributed by atoms with Crippen molar-refractivity contribution in [1.29, 1.82) is 0 Å². The van der Waals surface area contributed by atoms with Crippen LogP contribution in [-0.2, 0) is 0 Å². The standard InChI is InChI=1S/C17H18OS/c18-17(16-11-5-2-6-12-16)14-19-13-7-10-15-8-3-1-4-9-15/h1-12,17-18H,13-14H2/b10-7+. The van der Waals surface area contributed by atoms with Crippen LogP contribution in [0.5, 0.6) is 0 Å². The van der Waals surface area contributed by atoms with Crippen LogP contribution in [0.15, 0.2) is 66.7 Å². The summed E-state index contributed by atoms with van der Waals surface area (Å²) in [5, 5.41) is 9.99. The lowest BCUT2D eigenvalue weighted by molar-refractivity contribution is 0.204. The highest BCUT2D eigenvalue weighted by molar-refractivity contribution is 7.99. The van der Waals surface area contributed by atoms with Crippen LogP contribution in [0.2, 0.25) is 0 Å². The normalized spacial score (nSPS) is 12.7. The zero-order chi connectivity index (χ0) is 13.3. The average molecular weight is 270 g/mol. The van der Waals surface area contributed by atoms with Gasteiger partial charge in [-0.2, -0.15) is 11.8 Å². The van der Waals surface area contributed by atoms with Crippen LogP contribution in [0.3, 0.4) is 0 Å². The number of benzene rings is 2. The second-order valence-corrected chi connectivity index (χ2v) is 5.35. The first-order chi connectivity index (χ1) is 9.36. The molecular formula is C17H18OS. The number of aliphatic hydroxyl groups excluding tert-OH is 1. The number of thioether (sulfide) groups is 1. The zero-order valence-corrected chi connectivity index (χ0v) is 11.6.